The molecule has 0 amide bonds. The molecule has 0 aliphatic rings. The van der Waals surface area contributed by atoms with Gasteiger partial charge < -0.3 is 5.32 Å². The first-order valence-electron chi connectivity index (χ1n) is 8.26. The molecule has 0 aliphatic carbocycles. The lowest BCUT2D eigenvalue weighted by Gasteiger charge is -2.17. The lowest BCUT2D eigenvalue weighted by Crippen LogP contribution is -2.22. The van der Waals surface area contributed by atoms with Crippen molar-refractivity contribution in [2.45, 2.75) is 71.3 Å². The van der Waals surface area contributed by atoms with E-state index in [0.717, 1.165) is 18.5 Å². The number of benzene rings is 1. The number of rotatable bonds is 11. The second-order valence-electron chi connectivity index (χ2n) is 5.59. The van der Waals surface area contributed by atoms with Crippen LogP contribution in [-0.4, -0.2) is 6.54 Å². The van der Waals surface area contributed by atoms with Gasteiger partial charge in [-0.15, -0.1) is 0 Å². The Morgan fingerprint density at radius 2 is 1.70 bits per heavy atom. The van der Waals surface area contributed by atoms with Gasteiger partial charge in [-0.05, 0) is 37.1 Å². The van der Waals surface area contributed by atoms with Gasteiger partial charge in [0.25, 0.3) is 0 Å². The van der Waals surface area contributed by atoms with Crippen LogP contribution in [-0.2, 0) is 0 Å². The summed E-state index contributed by atoms with van der Waals surface area (Å²) >= 11 is 0. The van der Waals surface area contributed by atoms with Crippen molar-refractivity contribution in [1.82, 2.24) is 5.32 Å². The predicted octanol–water partition coefficient (Wildman–Crippen LogP) is 5.62. The van der Waals surface area contributed by atoms with Gasteiger partial charge in [0.2, 0.25) is 0 Å². The lowest BCUT2D eigenvalue weighted by atomic mass is 10.0. The van der Waals surface area contributed by atoms with Crippen molar-refractivity contribution in [3.63, 3.8) is 0 Å². The van der Waals surface area contributed by atoms with Crippen LogP contribution in [0.25, 0.3) is 0 Å². The zero-order valence-electron chi connectivity index (χ0n) is 13.1. The number of hydrogen-bond donors (Lipinski definition) is 1. The van der Waals surface area contributed by atoms with E-state index in [2.05, 4.69) is 19.2 Å². The van der Waals surface area contributed by atoms with Crippen LogP contribution < -0.4 is 5.32 Å². The van der Waals surface area contributed by atoms with Gasteiger partial charge in [0.1, 0.15) is 5.82 Å². The van der Waals surface area contributed by atoms with E-state index < -0.39 is 0 Å². The minimum Gasteiger partial charge on any atom is -0.310 e. The van der Waals surface area contributed by atoms with Crippen LogP contribution >= 0.6 is 0 Å². The monoisotopic (exact) mass is 279 g/mol. The van der Waals surface area contributed by atoms with Gasteiger partial charge >= 0.3 is 0 Å². The summed E-state index contributed by atoms with van der Waals surface area (Å²) in [5.74, 6) is -0.140. The summed E-state index contributed by atoms with van der Waals surface area (Å²) in [4.78, 5) is 0. The Labute approximate surface area is 124 Å². The SMILES string of the molecule is CCCCCCCCCN[C@@H](CC)c1cccc(F)c1. The van der Waals surface area contributed by atoms with Crippen LogP contribution in [0.3, 0.4) is 0 Å². The second kappa shape index (κ2) is 10.8. The fourth-order valence-corrected chi connectivity index (χ4v) is 2.58. The highest BCUT2D eigenvalue weighted by molar-refractivity contribution is 5.19. The number of unbranched alkanes of at least 4 members (excludes halogenated alkanes) is 6. The van der Waals surface area contributed by atoms with Gasteiger partial charge in [0.05, 0.1) is 0 Å². The van der Waals surface area contributed by atoms with E-state index in [9.17, 15) is 4.39 Å². The molecule has 20 heavy (non-hydrogen) atoms. The van der Waals surface area contributed by atoms with Crippen LogP contribution in [0.1, 0.15) is 76.8 Å². The third-order valence-electron chi connectivity index (χ3n) is 3.83. The zero-order valence-corrected chi connectivity index (χ0v) is 13.1. The van der Waals surface area contributed by atoms with Crippen molar-refractivity contribution in [1.29, 1.82) is 0 Å². The van der Waals surface area contributed by atoms with Crippen molar-refractivity contribution >= 4 is 0 Å². The Morgan fingerprint density at radius 1 is 1.00 bits per heavy atom. The number of halogens is 1. The fraction of sp³-hybridized carbons (Fsp3) is 0.667. The number of nitrogens with one attached hydrogen (secondary N) is 1. The maximum Gasteiger partial charge on any atom is 0.123 e. The summed E-state index contributed by atoms with van der Waals surface area (Å²) in [7, 11) is 0. The predicted molar refractivity (Wildman–Crippen MR) is 85.4 cm³/mol. The Hall–Kier alpha value is -0.890. The van der Waals surface area contributed by atoms with Gasteiger partial charge in [-0.1, -0.05) is 64.5 Å². The first-order valence-corrected chi connectivity index (χ1v) is 8.26. The maximum absolute atomic E-state index is 13.2. The third-order valence-corrected chi connectivity index (χ3v) is 3.83. The van der Waals surface area contributed by atoms with Crippen molar-refractivity contribution < 1.29 is 4.39 Å². The molecule has 1 nitrogen and oxygen atoms in total. The van der Waals surface area contributed by atoms with E-state index in [1.54, 1.807) is 12.1 Å². The summed E-state index contributed by atoms with van der Waals surface area (Å²) in [5.41, 5.74) is 1.07. The molecule has 0 unspecified atom stereocenters. The third kappa shape index (κ3) is 7.04. The molecule has 0 heterocycles. The van der Waals surface area contributed by atoms with E-state index in [1.165, 1.54) is 51.0 Å². The van der Waals surface area contributed by atoms with Crippen LogP contribution in [0.15, 0.2) is 24.3 Å². The topological polar surface area (TPSA) is 12.0 Å². The summed E-state index contributed by atoms with van der Waals surface area (Å²) < 4.78 is 13.2. The minimum atomic E-state index is -0.140. The van der Waals surface area contributed by atoms with Gasteiger partial charge in [-0.25, -0.2) is 4.39 Å². The van der Waals surface area contributed by atoms with Crippen LogP contribution in [0, 0.1) is 5.82 Å². The molecule has 0 fully saturated rings. The van der Waals surface area contributed by atoms with Crippen molar-refractivity contribution in [2.24, 2.45) is 0 Å². The molecule has 1 N–H and O–H groups in total. The van der Waals surface area contributed by atoms with Gasteiger partial charge in [-0.2, -0.15) is 0 Å². The van der Waals surface area contributed by atoms with E-state index in [0.29, 0.717) is 0 Å². The van der Waals surface area contributed by atoms with E-state index in [1.807, 2.05) is 6.07 Å². The average Bonchev–Trinajstić information content (AvgIpc) is 2.46. The van der Waals surface area contributed by atoms with E-state index in [4.69, 9.17) is 0 Å². The Balaban J connectivity index is 2.16. The van der Waals surface area contributed by atoms with Crippen LogP contribution in [0.2, 0.25) is 0 Å². The molecule has 1 aromatic carbocycles. The molecule has 2 heteroatoms. The molecule has 0 spiro atoms. The maximum atomic E-state index is 13.2. The standard InChI is InChI=1S/C18H30FN/c1-3-5-6-7-8-9-10-14-20-18(4-2)16-12-11-13-17(19)15-16/h11-13,15,18,20H,3-10,14H2,1-2H3/t18-/m0/s1. The molecule has 0 saturated heterocycles. The van der Waals surface area contributed by atoms with Crippen molar-refractivity contribution in [3.05, 3.63) is 35.6 Å². The molecule has 0 aromatic heterocycles. The van der Waals surface area contributed by atoms with Crippen LogP contribution in [0.4, 0.5) is 4.39 Å². The Kier molecular flexibility index (Phi) is 9.31. The molecule has 0 radical (unpaired) electrons. The second-order valence-corrected chi connectivity index (χ2v) is 5.59. The molecule has 0 saturated carbocycles. The summed E-state index contributed by atoms with van der Waals surface area (Å²) in [5, 5.41) is 3.55. The molecule has 114 valence electrons. The van der Waals surface area contributed by atoms with Crippen molar-refractivity contribution in [3.8, 4) is 0 Å². The number of hydrogen-bond acceptors (Lipinski definition) is 1. The minimum absolute atomic E-state index is 0.140. The molecule has 1 atom stereocenters. The Bertz CT molecular complexity index is 351. The highest BCUT2D eigenvalue weighted by Gasteiger charge is 2.08. The lowest BCUT2D eigenvalue weighted by molar-refractivity contribution is 0.489. The van der Waals surface area contributed by atoms with Crippen LogP contribution in [0.5, 0.6) is 0 Å². The first kappa shape index (κ1) is 17.2. The largest absolute Gasteiger partial charge is 0.310 e. The van der Waals surface area contributed by atoms with Gasteiger partial charge in [-0.3, -0.25) is 0 Å². The zero-order chi connectivity index (χ0) is 14.6. The summed E-state index contributed by atoms with van der Waals surface area (Å²) in [6.07, 6.45) is 10.3. The quantitative estimate of drug-likeness (QED) is 0.519. The Morgan fingerprint density at radius 3 is 2.35 bits per heavy atom. The molecular formula is C18H30FN. The fourth-order valence-electron chi connectivity index (χ4n) is 2.58. The molecule has 0 bridgehead atoms. The normalized spacial score (nSPS) is 12.6. The summed E-state index contributed by atoms with van der Waals surface area (Å²) in [6.45, 7) is 5.43. The smallest absolute Gasteiger partial charge is 0.123 e. The summed E-state index contributed by atoms with van der Waals surface area (Å²) in [6, 6.07) is 7.24. The molecule has 1 rings (SSSR count). The molecular weight excluding hydrogens is 249 g/mol. The highest BCUT2D eigenvalue weighted by atomic mass is 19.1. The van der Waals surface area contributed by atoms with E-state index >= 15 is 0 Å². The van der Waals surface area contributed by atoms with E-state index in [-0.39, 0.29) is 11.9 Å². The highest BCUT2D eigenvalue weighted by Crippen LogP contribution is 2.17. The first-order chi connectivity index (χ1) is 9.77. The van der Waals surface area contributed by atoms with Gasteiger partial charge in [0.15, 0.2) is 0 Å². The molecule has 0 aliphatic heterocycles. The molecule has 1 aromatic rings. The van der Waals surface area contributed by atoms with Gasteiger partial charge in [0, 0.05) is 6.04 Å². The average molecular weight is 279 g/mol. The van der Waals surface area contributed by atoms with Crippen molar-refractivity contribution in [2.75, 3.05) is 6.54 Å².